The zero-order valence-electron chi connectivity index (χ0n) is 26.3. The molecule has 0 aliphatic carbocycles. The number of nitrogens with zero attached hydrogens (tertiary/aromatic N) is 6. The van der Waals surface area contributed by atoms with Crippen LogP contribution in [0.3, 0.4) is 0 Å². The molecule has 3 atom stereocenters. The number of fused-ring (bicyclic) bond motifs is 1. The van der Waals surface area contributed by atoms with Gasteiger partial charge in [-0.3, -0.25) is 14.7 Å². The second kappa shape index (κ2) is 12.9. The van der Waals surface area contributed by atoms with E-state index in [4.69, 9.17) is 4.74 Å². The number of pyridine rings is 1. The summed E-state index contributed by atoms with van der Waals surface area (Å²) in [6.07, 6.45) is 9.85. The smallest absolute Gasteiger partial charge is 0.324 e. The molecular formula is C34H42N8O3. The van der Waals surface area contributed by atoms with Gasteiger partial charge in [-0.25, -0.2) is 4.79 Å². The number of amides is 3. The number of piperazine rings is 1. The molecule has 0 radical (unpaired) electrons. The Morgan fingerprint density at radius 2 is 2.02 bits per heavy atom. The number of dihydropyridines is 1. The van der Waals surface area contributed by atoms with Crippen molar-refractivity contribution in [3.63, 3.8) is 0 Å². The summed E-state index contributed by atoms with van der Waals surface area (Å²) in [6, 6.07) is 11.7. The number of carbonyl (C=O) groups excluding carboxylic acids is 2. The number of nitriles is 1. The van der Waals surface area contributed by atoms with Crippen molar-refractivity contribution in [2.75, 3.05) is 57.8 Å². The Morgan fingerprint density at radius 1 is 1.16 bits per heavy atom. The molecule has 236 valence electrons. The van der Waals surface area contributed by atoms with Crippen LogP contribution in [0.15, 0.2) is 66.3 Å². The number of allylic oxidation sites excluding steroid dienone is 1. The first-order valence-electron chi connectivity index (χ1n) is 16.0. The van der Waals surface area contributed by atoms with Gasteiger partial charge in [-0.15, -0.1) is 0 Å². The molecule has 1 aromatic carbocycles. The Hall–Kier alpha value is -4.40. The number of hydrogen-bond acceptors (Lipinski definition) is 8. The van der Waals surface area contributed by atoms with Crippen LogP contribution < -0.4 is 15.5 Å². The van der Waals surface area contributed by atoms with E-state index in [0.29, 0.717) is 44.0 Å². The summed E-state index contributed by atoms with van der Waals surface area (Å²) in [5.41, 5.74) is 3.30. The van der Waals surface area contributed by atoms with Gasteiger partial charge in [0.1, 0.15) is 11.8 Å². The number of benzene rings is 1. The molecule has 11 heteroatoms. The maximum atomic E-state index is 14.1. The third kappa shape index (κ3) is 5.88. The van der Waals surface area contributed by atoms with Crippen LogP contribution in [-0.2, 0) is 21.7 Å². The minimum Gasteiger partial charge on any atom is -0.363 e. The summed E-state index contributed by atoms with van der Waals surface area (Å²) >= 11 is 0. The Bertz CT molecular complexity index is 1540. The lowest BCUT2D eigenvalue weighted by Gasteiger charge is -2.46. The van der Waals surface area contributed by atoms with Crippen LogP contribution in [0.2, 0.25) is 0 Å². The lowest BCUT2D eigenvalue weighted by molar-refractivity contribution is -0.120. The van der Waals surface area contributed by atoms with Gasteiger partial charge in [-0.2, -0.15) is 5.26 Å². The van der Waals surface area contributed by atoms with Gasteiger partial charge in [-0.05, 0) is 69.6 Å². The van der Waals surface area contributed by atoms with Crippen LogP contribution in [-0.4, -0.2) is 96.6 Å². The van der Waals surface area contributed by atoms with Gasteiger partial charge in [0.05, 0.1) is 16.9 Å². The standard InChI is InChI=1S/C34H42N8O3/c1-4-28-23-40(33(44)42-17-12-24-8-6-9-25(20-35)31(24)42)18-19-41(28)29-11-14-34(45-5-2,26-10-7-15-36-21-26)38-30(29)32(43)37-27-13-16-39(3)22-27/h6-11,14-15,21,27-28,38H,4-5,12-13,16-19,22-23H2,1-3H3,(H,37,43)/t27-,28+,34?/m0/s1. The van der Waals surface area contributed by atoms with Gasteiger partial charge in [0.2, 0.25) is 0 Å². The lowest BCUT2D eigenvalue weighted by atomic mass is 9.97. The van der Waals surface area contributed by atoms with E-state index >= 15 is 0 Å². The fourth-order valence-electron chi connectivity index (χ4n) is 7.04. The molecule has 2 saturated heterocycles. The highest BCUT2D eigenvalue weighted by molar-refractivity contribution is 5.96. The highest BCUT2D eigenvalue weighted by Crippen LogP contribution is 2.35. The summed E-state index contributed by atoms with van der Waals surface area (Å²) in [4.78, 5) is 40.4. The fourth-order valence-corrected chi connectivity index (χ4v) is 7.04. The molecule has 2 N–H and O–H groups in total. The zero-order valence-corrected chi connectivity index (χ0v) is 26.3. The van der Waals surface area contributed by atoms with Gasteiger partial charge < -0.3 is 30.1 Å². The maximum absolute atomic E-state index is 14.1. The van der Waals surface area contributed by atoms with Crippen molar-refractivity contribution in [3.8, 4) is 6.07 Å². The quantitative estimate of drug-likeness (QED) is 0.492. The van der Waals surface area contributed by atoms with E-state index in [1.165, 1.54) is 0 Å². The second-order valence-corrected chi connectivity index (χ2v) is 12.2. The molecule has 0 saturated carbocycles. The largest absolute Gasteiger partial charge is 0.363 e. The van der Waals surface area contributed by atoms with Gasteiger partial charge in [0.15, 0.2) is 5.72 Å². The Kier molecular flexibility index (Phi) is 8.79. The first kappa shape index (κ1) is 30.6. The van der Waals surface area contributed by atoms with Crippen molar-refractivity contribution in [2.45, 2.75) is 50.9 Å². The average Bonchev–Trinajstić information content (AvgIpc) is 3.70. The van der Waals surface area contributed by atoms with Crippen molar-refractivity contribution in [2.24, 2.45) is 0 Å². The van der Waals surface area contributed by atoms with E-state index in [0.717, 1.165) is 54.9 Å². The number of urea groups is 1. The van der Waals surface area contributed by atoms with Crippen LogP contribution in [0.1, 0.15) is 43.4 Å². The monoisotopic (exact) mass is 610 g/mol. The third-order valence-electron chi connectivity index (χ3n) is 9.34. The molecule has 11 nitrogen and oxygen atoms in total. The SMILES string of the molecule is CCOC1(c2cccnc2)C=CC(N2CCN(C(=O)N3CCc4cccc(C#N)c43)C[C@H]2CC)=C(C(=O)N[C@H]2CCN(C)C2)N1. The number of para-hydroxylation sites is 1. The minimum atomic E-state index is -1.05. The Labute approximate surface area is 265 Å². The molecule has 0 bridgehead atoms. The number of likely N-dealkylation sites (tertiary alicyclic amines) is 1. The fraction of sp³-hybridized carbons (Fsp3) is 0.471. The number of rotatable bonds is 7. The zero-order chi connectivity index (χ0) is 31.6. The third-order valence-corrected chi connectivity index (χ3v) is 9.34. The van der Waals surface area contributed by atoms with Crippen LogP contribution in [0.25, 0.3) is 0 Å². The van der Waals surface area contributed by atoms with E-state index in [-0.39, 0.29) is 24.0 Å². The summed E-state index contributed by atoms with van der Waals surface area (Å²) in [6.45, 7) is 8.34. The molecule has 0 spiro atoms. The van der Waals surface area contributed by atoms with Crippen molar-refractivity contribution in [3.05, 3.63) is 83.0 Å². The summed E-state index contributed by atoms with van der Waals surface area (Å²) in [5.74, 6) is -0.173. The van der Waals surface area contributed by atoms with E-state index in [9.17, 15) is 14.9 Å². The number of ether oxygens (including phenoxy) is 1. The van der Waals surface area contributed by atoms with E-state index in [1.54, 1.807) is 23.4 Å². The molecule has 45 heavy (non-hydrogen) atoms. The van der Waals surface area contributed by atoms with E-state index < -0.39 is 5.72 Å². The molecule has 5 heterocycles. The topological polar surface area (TPSA) is 117 Å². The predicted octanol–water partition coefficient (Wildman–Crippen LogP) is 2.91. The summed E-state index contributed by atoms with van der Waals surface area (Å²) < 4.78 is 6.31. The average molecular weight is 611 g/mol. The molecule has 6 rings (SSSR count). The molecule has 3 amide bonds. The second-order valence-electron chi connectivity index (χ2n) is 12.2. The highest BCUT2D eigenvalue weighted by atomic mass is 16.5. The van der Waals surface area contributed by atoms with Gasteiger partial charge >= 0.3 is 6.03 Å². The Morgan fingerprint density at radius 3 is 2.73 bits per heavy atom. The van der Waals surface area contributed by atoms with E-state index in [2.05, 4.69) is 45.5 Å². The van der Waals surface area contributed by atoms with Gasteiger partial charge in [0, 0.05) is 69.4 Å². The number of carbonyl (C=O) groups is 2. The number of likely N-dealkylation sites (N-methyl/N-ethyl adjacent to an activating group) is 1. The van der Waals surface area contributed by atoms with Crippen LogP contribution in [0.4, 0.5) is 10.5 Å². The number of anilines is 1. The van der Waals surface area contributed by atoms with Gasteiger partial charge in [-0.1, -0.05) is 25.1 Å². The first-order valence-corrected chi connectivity index (χ1v) is 16.0. The first-order chi connectivity index (χ1) is 21.9. The van der Waals surface area contributed by atoms with Crippen molar-refractivity contribution < 1.29 is 14.3 Å². The molecule has 2 aromatic rings. The molecule has 1 unspecified atom stereocenters. The normalized spacial score (nSPS) is 24.8. The Balaban J connectivity index is 1.28. The van der Waals surface area contributed by atoms with Crippen LogP contribution >= 0.6 is 0 Å². The van der Waals surface area contributed by atoms with Crippen molar-refractivity contribution >= 4 is 17.6 Å². The number of aromatic nitrogens is 1. The predicted molar refractivity (Wildman–Crippen MR) is 171 cm³/mol. The molecular weight excluding hydrogens is 568 g/mol. The summed E-state index contributed by atoms with van der Waals surface area (Å²) in [5, 5.41) is 16.5. The number of nitrogens with one attached hydrogen (secondary N) is 2. The van der Waals surface area contributed by atoms with E-state index in [1.807, 2.05) is 48.2 Å². The van der Waals surface area contributed by atoms with Crippen molar-refractivity contribution in [1.29, 1.82) is 5.26 Å². The molecule has 4 aliphatic rings. The maximum Gasteiger partial charge on any atom is 0.324 e. The molecule has 4 aliphatic heterocycles. The molecule has 1 aromatic heterocycles. The summed E-state index contributed by atoms with van der Waals surface area (Å²) in [7, 11) is 2.06. The highest BCUT2D eigenvalue weighted by Gasteiger charge is 2.41. The van der Waals surface area contributed by atoms with Crippen LogP contribution in [0.5, 0.6) is 0 Å². The molecule has 2 fully saturated rings. The van der Waals surface area contributed by atoms with Gasteiger partial charge in [0.25, 0.3) is 5.91 Å². The minimum absolute atomic E-state index is 0.0177. The van der Waals surface area contributed by atoms with Crippen molar-refractivity contribution in [1.82, 2.24) is 30.3 Å². The lowest BCUT2D eigenvalue weighted by Crippen LogP contribution is -2.58. The number of hydrogen-bond donors (Lipinski definition) is 2. The van der Waals surface area contributed by atoms with Crippen LogP contribution in [0, 0.1) is 11.3 Å².